The molecular weight excluding hydrogens is 324 g/mol. The number of esters is 1. The number of nitrogens with one attached hydrogen (secondary N) is 2. The summed E-state index contributed by atoms with van der Waals surface area (Å²) in [7, 11) is 0. The van der Waals surface area contributed by atoms with Gasteiger partial charge in [0.25, 0.3) is 5.91 Å². The summed E-state index contributed by atoms with van der Waals surface area (Å²) in [6.07, 6.45) is -1.10. The summed E-state index contributed by atoms with van der Waals surface area (Å²) in [5, 5.41) is 4.63. The minimum Gasteiger partial charge on any atom is -0.493 e. The second-order valence-electron chi connectivity index (χ2n) is 6.39. The highest BCUT2D eigenvalue weighted by molar-refractivity contribution is 5.98. The second-order valence-corrected chi connectivity index (χ2v) is 6.39. The van der Waals surface area contributed by atoms with Crippen LogP contribution in [0.1, 0.15) is 45.0 Å². The number of carbonyl (C=O) groups is 3. The summed E-state index contributed by atoms with van der Waals surface area (Å²) < 4.78 is 10.6. The van der Waals surface area contributed by atoms with E-state index in [0.29, 0.717) is 23.8 Å². The lowest BCUT2D eigenvalue weighted by Gasteiger charge is -2.14. The number of urea groups is 1. The van der Waals surface area contributed by atoms with E-state index in [1.54, 1.807) is 38.1 Å². The number of benzene rings is 1. The molecule has 0 radical (unpaired) electrons. The third kappa shape index (κ3) is 7.69. The van der Waals surface area contributed by atoms with Crippen LogP contribution in [0.2, 0.25) is 0 Å². The molecule has 0 spiro atoms. The Morgan fingerprint density at radius 3 is 2.12 bits per heavy atom. The molecule has 0 heterocycles. The lowest BCUT2D eigenvalue weighted by atomic mass is 10.2. The van der Waals surface area contributed by atoms with E-state index in [9.17, 15) is 14.4 Å². The lowest BCUT2D eigenvalue weighted by molar-refractivity contribution is -0.127. The van der Waals surface area contributed by atoms with Gasteiger partial charge in [0.1, 0.15) is 5.75 Å². The minimum absolute atomic E-state index is 0.109. The number of carbonyl (C=O) groups excluding carboxylic acids is 3. The smallest absolute Gasteiger partial charge is 0.338 e. The summed E-state index contributed by atoms with van der Waals surface area (Å²) in [4.78, 5) is 35.4. The molecule has 1 aromatic carbocycles. The van der Waals surface area contributed by atoms with Crippen LogP contribution in [-0.2, 0) is 9.53 Å². The van der Waals surface area contributed by atoms with Gasteiger partial charge in [0.15, 0.2) is 6.10 Å². The van der Waals surface area contributed by atoms with E-state index >= 15 is 0 Å². The van der Waals surface area contributed by atoms with Gasteiger partial charge in [0, 0.05) is 6.04 Å². The molecule has 0 saturated carbocycles. The van der Waals surface area contributed by atoms with Gasteiger partial charge in [-0.15, -0.1) is 0 Å². The van der Waals surface area contributed by atoms with Crippen LogP contribution in [0.4, 0.5) is 4.79 Å². The minimum atomic E-state index is -1.10. The topological polar surface area (TPSA) is 93.7 Å². The van der Waals surface area contributed by atoms with E-state index in [4.69, 9.17) is 9.47 Å². The number of amides is 3. The normalized spacial score (nSPS) is 11.8. The molecule has 3 amide bonds. The van der Waals surface area contributed by atoms with E-state index < -0.39 is 24.0 Å². The van der Waals surface area contributed by atoms with Crippen molar-refractivity contribution in [2.45, 2.75) is 46.8 Å². The van der Waals surface area contributed by atoms with Crippen LogP contribution in [0.3, 0.4) is 0 Å². The standard InChI is InChI=1S/C18H26N2O5/c1-11(2)10-24-15-8-6-14(7-9-15)17(22)25-13(5)16(21)20-18(23)19-12(3)4/h6-9,11-13H,10H2,1-5H3,(H2,19,20,21,23)/t13-/m1/s1. The number of imide groups is 1. The van der Waals surface area contributed by atoms with E-state index in [-0.39, 0.29) is 6.04 Å². The second kappa shape index (κ2) is 9.66. The predicted octanol–water partition coefficient (Wildman–Crippen LogP) is 2.50. The van der Waals surface area contributed by atoms with Crippen molar-refractivity contribution in [1.29, 1.82) is 0 Å². The highest BCUT2D eigenvalue weighted by atomic mass is 16.5. The zero-order chi connectivity index (χ0) is 19.0. The van der Waals surface area contributed by atoms with Crippen molar-refractivity contribution in [2.24, 2.45) is 5.92 Å². The number of hydrogen-bond acceptors (Lipinski definition) is 5. The maximum Gasteiger partial charge on any atom is 0.338 e. The van der Waals surface area contributed by atoms with Crippen molar-refractivity contribution in [3.8, 4) is 5.75 Å². The fourth-order valence-electron chi connectivity index (χ4n) is 1.74. The average molecular weight is 350 g/mol. The van der Waals surface area contributed by atoms with Gasteiger partial charge in [-0.25, -0.2) is 9.59 Å². The molecule has 7 heteroatoms. The Hall–Kier alpha value is -2.57. The van der Waals surface area contributed by atoms with Crippen molar-refractivity contribution < 1.29 is 23.9 Å². The quantitative estimate of drug-likeness (QED) is 0.737. The maximum atomic E-state index is 12.1. The Bertz CT molecular complexity index is 596. The van der Waals surface area contributed by atoms with Crippen LogP contribution >= 0.6 is 0 Å². The van der Waals surface area contributed by atoms with Gasteiger partial charge >= 0.3 is 12.0 Å². The molecular formula is C18H26N2O5. The Morgan fingerprint density at radius 2 is 1.60 bits per heavy atom. The molecule has 138 valence electrons. The first-order chi connectivity index (χ1) is 11.7. The lowest BCUT2D eigenvalue weighted by Crippen LogP contribution is -2.46. The monoisotopic (exact) mass is 350 g/mol. The average Bonchev–Trinajstić information content (AvgIpc) is 2.52. The number of rotatable bonds is 7. The van der Waals surface area contributed by atoms with E-state index in [2.05, 4.69) is 10.6 Å². The van der Waals surface area contributed by atoms with Crippen LogP contribution in [0, 0.1) is 5.92 Å². The van der Waals surface area contributed by atoms with Gasteiger partial charge in [-0.3, -0.25) is 10.1 Å². The number of hydrogen-bond donors (Lipinski definition) is 2. The van der Waals surface area contributed by atoms with Gasteiger partial charge in [-0.1, -0.05) is 13.8 Å². The molecule has 0 fully saturated rings. The Labute approximate surface area is 148 Å². The highest BCUT2D eigenvalue weighted by Crippen LogP contribution is 2.14. The molecule has 7 nitrogen and oxygen atoms in total. The molecule has 0 aliphatic heterocycles. The van der Waals surface area contributed by atoms with Gasteiger partial charge in [0.05, 0.1) is 12.2 Å². The van der Waals surface area contributed by atoms with Gasteiger partial charge in [-0.05, 0) is 51.0 Å². The largest absolute Gasteiger partial charge is 0.493 e. The molecule has 1 atom stereocenters. The third-order valence-corrected chi connectivity index (χ3v) is 2.98. The summed E-state index contributed by atoms with van der Waals surface area (Å²) >= 11 is 0. The Morgan fingerprint density at radius 1 is 1.00 bits per heavy atom. The van der Waals surface area contributed by atoms with Gasteiger partial charge in [0.2, 0.25) is 0 Å². The first kappa shape index (κ1) is 20.5. The van der Waals surface area contributed by atoms with Crippen LogP contribution < -0.4 is 15.4 Å². The van der Waals surface area contributed by atoms with Crippen LogP contribution in [0.15, 0.2) is 24.3 Å². The predicted molar refractivity (Wildman–Crippen MR) is 93.5 cm³/mol. The zero-order valence-electron chi connectivity index (χ0n) is 15.3. The molecule has 0 aromatic heterocycles. The van der Waals surface area contributed by atoms with Gasteiger partial charge < -0.3 is 14.8 Å². The van der Waals surface area contributed by atoms with Crippen molar-refractivity contribution in [3.63, 3.8) is 0 Å². The third-order valence-electron chi connectivity index (χ3n) is 2.98. The molecule has 25 heavy (non-hydrogen) atoms. The molecule has 1 aromatic rings. The molecule has 2 N–H and O–H groups in total. The first-order valence-corrected chi connectivity index (χ1v) is 8.24. The van der Waals surface area contributed by atoms with E-state index in [1.807, 2.05) is 13.8 Å². The van der Waals surface area contributed by atoms with Crippen molar-refractivity contribution in [1.82, 2.24) is 10.6 Å². The van der Waals surface area contributed by atoms with E-state index in [1.165, 1.54) is 6.92 Å². The summed E-state index contributed by atoms with van der Waals surface area (Å²) in [5.74, 6) is -0.288. The SMILES string of the molecule is CC(C)COc1ccc(C(=O)O[C@H](C)C(=O)NC(=O)NC(C)C)cc1. The fourth-order valence-corrected chi connectivity index (χ4v) is 1.74. The summed E-state index contributed by atoms with van der Waals surface area (Å²) in [6, 6.07) is 5.72. The van der Waals surface area contributed by atoms with Crippen molar-refractivity contribution in [3.05, 3.63) is 29.8 Å². The van der Waals surface area contributed by atoms with Crippen LogP contribution in [0.5, 0.6) is 5.75 Å². The first-order valence-electron chi connectivity index (χ1n) is 8.24. The van der Waals surface area contributed by atoms with E-state index in [0.717, 1.165) is 0 Å². The summed E-state index contributed by atoms with van der Waals surface area (Å²) in [6.45, 7) is 9.60. The number of ether oxygens (including phenoxy) is 2. The molecule has 0 saturated heterocycles. The Balaban J connectivity index is 2.54. The maximum absolute atomic E-state index is 12.1. The van der Waals surface area contributed by atoms with Crippen LogP contribution in [0.25, 0.3) is 0 Å². The van der Waals surface area contributed by atoms with Crippen molar-refractivity contribution >= 4 is 17.9 Å². The van der Waals surface area contributed by atoms with Crippen molar-refractivity contribution in [2.75, 3.05) is 6.61 Å². The Kier molecular flexibility index (Phi) is 7.91. The fraction of sp³-hybridized carbons (Fsp3) is 0.500. The molecule has 0 bridgehead atoms. The highest BCUT2D eigenvalue weighted by Gasteiger charge is 2.21. The molecule has 0 aliphatic rings. The van der Waals surface area contributed by atoms with Gasteiger partial charge in [-0.2, -0.15) is 0 Å². The zero-order valence-corrected chi connectivity index (χ0v) is 15.3. The summed E-state index contributed by atoms with van der Waals surface area (Å²) in [5.41, 5.74) is 0.295. The molecule has 0 aliphatic carbocycles. The molecule has 0 unspecified atom stereocenters. The van der Waals surface area contributed by atoms with Crippen LogP contribution in [-0.4, -0.2) is 36.7 Å². The molecule has 1 rings (SSSR count).